The topological polar surface area (TPSA) is 17.1 Å². The number of rotatable bonds is 4. The van der Waals surface area contributed by atoms with Crippen LogP contribution in [0.25, 0.3) is 0 Å². The molecule has 0 radical (unpaired) electrons. The van der Waals surface area contributed by atoms with Crippen LogP contribution in [0.3, 0.4) is 0 Å². The molecule has 0 bridgehead atoms. The van der Waals surface area contributed by atoms with Crippen LogP contribution in [0.1, 0.15) is 22.3 Å². The molecule has 0 unspecified atom stereocenters. The summed E-state index contributed by atoms with van der Waals surface area (Å²) >= 11 is 3.19. The van der Waals surface area contributed by atoms with Gasteiger partial charge in [-0.25, -0.2) is 8.78 Å². The third kappa shape index (κ3) is 3.47. The molecule has 0 fully saturated rings. The van der Waals surface area contributed by atoms with E-state index in [0.717, 1.165) is 4.47 Å². The molecule has 2 aromatic carbocycles. The maximum atomic E-state index is 14.0. The van der Waals surface area contributed by atoms with Crippen molar-refractivity contribution in [3.8, 4) is 0 Å². The zero-order chi connectivity index (χ0) is 13.9. The summed E-state index contributed by atoms with van der Waals surface area (Å²) in [5.41, 5.74) is 0.152. The quantitative estimate of drug-likeness (QED) is 0.737. The molecule has 98 valence electrons. The summed E-state index contributed by atoms with van der Waals surface area (Å²) in [6, 6.07) is 13.9. The molecule has 0 saturated heterocycles. The van der Waals surface area contributed by atoms with E-state index in [1.807, 2.05) is 0 Å². The third-order valence-corrected chi connectivity index (χ3v) is 3.27. The van der Waals surface area contributed by atoms with E-state index in [4.69, 9.17) is 0 Å². The van der Waals surface area contributed by atoms with Crippen molar-refractivity contribution >= 4 is 21.7 Å². The second-order valence-corrected chi connectivity index (χ2v) is 5.09. The SMILES string of the molecule is O=C(CC(F)(F)c1ccc(Br)cc1)c1ccccc1. The molecule has 2 rings (SSSR count). The van der Waals surface area contributed by atoms with Crippen molar-refractivity contribution in [3.05, 3.63) is 70.2 Å². The minimum absolute atomic E-state index is 0.153. The number of ketones is 1. The summed E-state index contributed by atoms with van der Waals surface area (Å²) in [6.07, 6.45) is -0.821. The molecule has 0 saturated carbocycles. The number of halogens is 3. The van der Waals surface area contributed by atoms with Gasteiger partial charge >= 0.3 is 0 Å². The molecule has 4 heteroatoms. The maximum absolute atomic E-state index is 14.0. The monoisotopic (exact) mass is 324 g/mol. The van der Waals surface area contributed by atoms with Gasteiger partial charge in [-0.3, -0.25) is 4.79 Å². The van der Waals surface area contributed by atoms with Crippen LogP contribution in [0.2, 0.25) is 0 Å². The van der Waals surface area contributed by atoms with E-state index in [2.05, 4.69) is 15.9 Å². The van der Waals surface area contributed by atoms with E-state index in [0.29, 0.717) is 5.56 Å². The highest BCUT2D eigenvalue weighted by Crippen LogP contribution is 2.33. The summed E-state index contributed by atoms with van der Waals surface area (Å²) in [6.45, 7) is 0. The molecular formula is C15H11BrF2O. The Morgan fingerprint density at radius 2 is 1.58 bits per heavy atom. The van der Waals surface area contributed by atoms with Crippen molar-refractivity contribution in [1.29, 1.82) is 0 Å². The van der Waals surface area contributed by atoms with Crippen molar-refractivity contribution in [2.45, 2.75) is 12.3 Å². The van der Waals surface area contributed by atoms with Gasteiger partial charge in [0.05, 0.1) is 6.42 Å². The molecule has 1 nitrogen and oxygen atoms in total. The lowest BCUT2D eigenvalue weighted by molar-refractivity contribution is -0.00769. The predicted octanol–water partition coefficient (Wildman–Crippen LogP) is 4.81. The van der Waals surface area contributed by atoms with E-state index in [1.54, 1.807) is 30.3 Å². The van der Waals surface area contributed by atoms with Crippen LogP contribution >= 0.6 is 15.9 Å². The Kier molecular flexibility index (Phi) is 4.10. The Morgan fingerprint density at radius 1 is 1.00 bits per heavy atom. The first-order valence-corrected chi connectivity index (χ1v) is 6.50. The molecule has 0 aliphatic carbocycles. The van der Waals surface area contributed by atoms with Gasteiger partial charge in [0, 0.05) is 15.6 Å². The van der Waals surface area contributed by atoms with Gasteiger partial charge in [0.1, 0.15) is 0 Å². The van der Waals surface area contributed by atoms with Gasteiger partial charge in [-0.1, -0.05) is 58.4 Å². The van der Waals surface area contributed by atoms with Gasteiger partial charge in [0.2, 0.25) is 0 Å². The van der Waals surface area contributed by atoms with Crippen LogP contribution < -0.4 is 0 Å². The summed E-state index contributed by atoms with van der Waals surface area (Å²) in [4.78, 5) is 11.8. The minimum Gasteiger partial charge on any atom is -0.294 e. The highest BCUT2D eigenvalue weighted by Gasteiger charge is 2.34. The normalized spacial score (nSPS) is 11.3. The molecule has 2 aromatic rings. The minimum atomic E-state index is -3.16. The van der Waals surface area contributed by atoms with Gasteiger partial charge in [0.25, 0.3) is 5.92 Å². The Labute approximate surface area is 118 Å². The van der Waals surface area contributed by atoms with Crippen LogP contribution in [0, 0.1) is 0 Å². The molecule has 0 N–H and O–H groups in total. The number of hydrogen-bond acceptors (Lipinski definition) is 1. The number of hydrogen-bond donors (Lipinski definition) is 0. The van der Waals surface area contributed by atoms with E-state index in [-0.39, 0.29) is 5.56 Å². The van der Waals surface area contributed by atoms with Crippen LogP contribution in [0.5, 0.6) is 0 Å². The highest BCUT2D eigenvalue weighted by molar-refractivity contribution is 9.10. The second kappa shape index (κ2) is 5.61. The van der Waals surface area contributed by atoms with E-state index in [1.165, 1.54) is 24.3 Å². The summed E-state index contributed by atoms with van der Waals surface area (Å²) in [5, 5.41) is 0. The number of Topliss-reactive ketones (excluding diaryl/α,β-unsaturated/α-hetero) is 1. The summed E-state index contributed by atoms with van der Waals surface area (Å²) in [7, 11) is 0. The summed E-state index contributed by atoms with van der Waals surface area (Å²) in [5.74, 6) is -3.72. The molecule has 0 heterocycles. The fourth-order valence-corrected chi connectivity index (χ4v) is 1.99. The largest absolute Gasteiger partial charge is 0.294 e. The van der Waals surface area contributed by atoms with E-state index in [9.17, 15) is 13.6 Å². The number of alkyl halides is 2. The van der Waals surface area contributed by atoms with Crippen LogP contribution in [-0.2, 0) is 5.92 Å². The summed E-state index contributed by atoms with van der Waals surface area (Å²) < 4.78 is 28.7. The Balaban J connectivity index is 2.17. The standard InChI is InChI=1S/C15H11BrF2O/c16-13-8-6-12(7-9-13)15(17,18)10-14(19)11-4-2-1-3-5-11/h1-9H,10H2. The molecular weight excluding hydrogens is 314 g/mol. The number of benzene rings is 2. The van der Waals surface area contributed by atoms with E-state index < -0.39 is 18.1 Å². The molecule has 19 heavy (non-hydrogen) atoms. The molecule has 0 aliphatic rings. The molecule has 0 aliphatic heterocycles. The Hall–Kier alpha value is -1.55. The zero-order valence-electron chi connectivity index (χ0n) is 9.95. The van der Waals surface area contributed by atoms with Crippen molar-refractivity contribution in [2.24, 2.45) is 0 Å². The van der Waals surface area contributed by atoms with Gasteiger partial charge in [-0.05, 0) is 12.1 Å². The molecule has 0 aromatic heterocycles. The maximum Gasteiger partial charge on any atom is 0.280 e. The van der Waals surface area contributed by atoms with Crippen LogP contribution in [0.4, 0.5) is 8.78 Å². The van der Waals surface area contributed by atoms with E-state index >= 15 is 0 Å². The average molecular weight is 325 g/mol. The third-order valence-electron chi connectivity index (χ3n) is 2.74. The smallest absolute Gasteiger partial charge is 0.280 e. The molecule has 0 atom stereocenters. The Morgan fingerprint density at radius 3 is 2.16 bits per heavy atom. The highest BCUT2D eigenvalue weighted by atomic mass is 79.9. The average Bonchev–Trinajstić information content (AvgIpc) is 2.40. The first kappa shape index (κ1) is 13.9. The van der Waals surface area contributed by atoms with Crippen molar-refractivity contribution in [3.63, 3.8) is 0 Å². The molecule has 0 spiro atoms. The first-order chi connectivity index (χ1) is 8.99. The van der Waals surface area contributed by atoms with Crippen molar-refractivity contribution in [1.82, 2.24) is 0 Å². The lowest BCUT2D eigenvalue weighted by Gasteiger charge is -2.16. The van der Waals surface area contributed by atoms with Gasteiger partial charge < -0.3 is 0 Å². The zero-order valence-corrected chi connectivity index (χ0v) is 11.5. The fraction of sp³-hybridized carbons (Fsp3) is 0.133. The predicted molar refractivity (Wildman–Crippen MR) is 73.4 cm³/mol. The second-order valence-electron chi connectivity index (χ2n) is 4.18. The first-order valence-electron chi connectivity index (χ1n) is 5.71. The fourth-order valence-electron chi connectivity index (χ4n) is 1.72. The van der Waals surface area contributed by atoms with Crippen molar-refractivity contribution < 1.29 is 13.6 Å². The Bertz CT molecular complexity index is 564. The van der Waals surface area contributed by atoms with Crippen LogP contribution in [-0.4, -0.2) is 5.78 Å². The molecule has 0 amide bonds. The van der Waals surface area contributed by atoms with Gasteiger partial charge in [-0.2, -0.15) is 0 Å². The van der Waals surface area contributed by atoms with Gasteiger partial charge in [0.15, 0.2) is 5.78 Å². The van der Waals surface area contributed by atoms with Crippen molar-refractivity contribution in [2.75, 3.05) is 0 Å². The number of carbonyl (C=O) groups is 1. The number of carbonyl (C=O) groups excluding carboxylic acids is 1. The lowest BCUT2D eigenvalue weighted by atomic mass is 9.99. The van der Waals surface area contributed by atoms with Gasteiger partial charge in [-0.15, -0.1) is 0 Å². The van der Waals surface area contributed by atoms with Crippen LogP contribution in [0.15, 0.2) is 59.1 Å². The lowest BCUT2D eigenvalue weighted by Crippen LogP contribution is -2.18.